The molecule has 0 radical (unpaired) electrons. The molecule has 1 heterocycles. The summed E-state index contributed by atoms with van der Waals surface area (Å²) in [5.41, 5.74) is 0.519. The van der Waals surface area contributed by atoms with Gasteiger partial charge in [-0.05, 0) is 37.8 Å². The van der Waals surface area contributed by atoms with Crippen LogP contribution in [0.2, 0.25) is 0 Å². The number of hydrogen-bond donors (Lipinski definition) is 0. The second-order valence-corrected chi connectivity index (χ2v) is 4.86. The molecule has 0 bridgehead atoms. The van der Waals surface area contributed by atoms with Gasteiger partial charge in [0.05, 0.1) is 0 Å². The number of ether oxygens (including phenoxy) is 1. The zero-order chi connectivity index (χ0) is 10.8. The van der Waals surface area contributed by atoms with Crippen LogP contribution < -0.4 is 0 Å². The van der Waals surface area contributed by atoms with Gasteiger partial charge in [0.15, 0.2) is 0 Å². The molecule has 0 fully saturated rings. The molecule has 0 amide bonds. The van der Waals surface area contributed by atoms with Crippen molar-refractivity contribution in [2.75, 3.05) is 0 Å². The van der Waals surface area contributed by atoms with E-state index in [2.05, 4.69) is 6.58 Å². The lowest BCUT2D eigenvalue weighted by atomic mass is 10.2. The van der Waals surface area contributed by atoms with Gasteiger partial charge in [0, 0.05) is 0 Å². The van der Waals surface area contributed by atoms with Crippen molar-refractivity contribution in [2.45, 2.75) is 26.4 Å². The van der Waals surface area contributed by atoms with Crippen LogP contribution in [0.25, 0.3) is 6.08 Å². The fraction of sp³-hybridized carbons (Fsp3) is 0.364. The van der Waals surface area contributed by atoms with E-state index in [1.165, 1.54) is 11.3 Å². The lowest BCUT2D eigenvalue weighted by Crippen LogP contribution is -2.23. The molecule has 1 aromatic rings. The van der Waals surface area contributed by atoms with Crippen LogP contribution in [0.4, 0.5) is 0 Å². The minimum absolute atomic E-state index is 0.268. The van der Waals surface area contributed by atoms with E-state index in [0.29, 0.717) is 4.88 Å². The molecule has 0 saturated carbocycles. The molecule has 1 aromatic heterocycles. The predicted molar refractivity (Wildman–Crippen MR) is 59.6 cm³/mol. The number of carbonyl (C=O) groups is 1. The minimum Gasteiger partial charge on any atom is -0.456 e. The number of thiophene rings is 1. The highest BCUT2D eigenvalue weighted by Gasteiger charge is 2.18. The van der Waals surface area contributed by atoms with Crippen molar-refractivity contribution < 1.29 is 9.53 Å². The largest absolute Gasteiger partial charge is 0.456 e. The molecule has 2 nitrogen and oxygen atoms in total. The number of rotatable bonds is 2. The first-order valence-electron chi connectivity index (χ1n) is 4.37. The van der Waals surface area contributed by atoms with E-state index in [9.17, 15) is 4.79 Å². The Labute approximate surface area is 88.2 Å². The van der Waals surface area contributed by atoms with Crippen LogP contribution in [-0.2, 0) is 4.74 Å². The maximum atomic E-state index is 11.5. The first-order valence-corrected chi connectivity index (χ1v) is 5.24. The van der Waals surface area contributed by atoms with Crippen LogP contribution in [0.15, 0.2) is 18.0 Å². The molecule has 0 unspecified atom stereocenters. The Bertz CT molecular complexity index is 344. The van der Waals surface area contributed by atoms with Crippen LogP contribution in [0.1, 0.15) is 36.0 Å². The summed E-state index contributed by atoms with van der Waals surface area (Å²) in [5, 5.41) is 1.88. The second-order valence-electron chi connectivity index (χ2n) is 3.95. The number of esters is 1. The van der Waals surface area contributed by atoms with Crippen LogP contribution in [0.3, 0.4) is 0 Å². The summed E-state index contributed by atoms with van der Waals surface area (Å²) in [7, 11) is 0. The molecule has 1 rings (SSSR count). The summed E-state index contributed by atoms with van der Waals surface area (Å²) < 4.78 is 5.22. The zero-order valence-corrected chi connectivity index (χ0v) is 9.48. The van der Waals surface area contributed by atoms with E-state index in [0.717, 1.165) is 5.56 Å². The van der Waals surface area contributed by atoms with Crippen molar-refractivity contribution in [1.29, 1.82) is 0 Å². The third-order valence-corrected chi connectivity index (χ3v) is 2.38. The van der Waals surface area contributed by atoms with E-state index in [4.69, 9.17) is 4.74 Å². The molecule has 0 aliphatic rings. The smallest absolute Gasteiger partial charge is 0.348 e. The van der Waals surface area contributed by atoms with Crippen LogP contribution in [-0.4, -0.2) is 11.6 Å². The Hall–Kier alpha value is -1.09. The summed E-state index contributed by atoms with van der Waals surface area (Å²) in [4.78, 5) is 12.2. The van der Waals surface area contributed by atoms with Gasteiger partial charge in [-0.3, -0.25) is 0 Å². The van der Waals surface area contributed by atoms with Gasteiger partial charge >= 0.3 is 5.97 Å². The fourth-order valence-electron chi connectivity index (χ4n) is 0.893. The first-order chi connectivity index (χ1) is 6.42. The predicted octanol–water partition coefficient (Wildman–Crippen LogP) is 3.35. The molecule has 76 valence electrons. The molecular formula is C11H14O2S. The molecule has 0 spiro atoms. The lowest BCUT2D eigenvalue weighted by Gasteiger charge is -2.18. The van der Waals surface area contributed by atoms with Crippen molar-refractivity contribution >= 4 is 23.4 Å². The topological polar surface area (TPSA) is 26.3 Å². The summed E-state index contributed by atoms with van der Waals surface area (Å²) in [6.45, 7) is 9.19. The standard InChI is InChI=1S/C11H14O2S/c1-5-8-6-9(14-7-8)10(12)13-11(2,3)4/h5-7H,1H2,2-4H3. The van der Waals surface area contributed by atoms with Gasteiger partial charge in [0.25, 0.3) is 0 Å². The van der Waals surface area contributed by atoms with Gasteiger partial charge in [-0.2, -0.15) is 0 Å². The Morgan fingerprint density at radius 2 is 2.21 bits per heavy atom. The fourth-order valence-corrected chi connectivity index (χ4v) is 1.66. The van der Waals surface area contributed by atoms with Crippen molar-refractivity contribution in [3.63, 3.8) is 0 Å². The van der Waals surface area contributed by atoms with Gasteiger partial charge in [-0.1, -0.05) is 12.7 Å². The summed E-state index contributed by atoms with van der Waals surface area (Å²) in [6.07, 6.45) is 1.71. The molecule has 0 N–H and O–H groups in total. The molecule has 14 heavy (non-hydrogen) atoms. The first kappa shape index (κ1) is 11.0. The van der Waals surface area contributed by atoms with Gasteiger partial charge < -0.3 is 4.74 Å². The zero-order valence-electron chi connectivity index (χ0n) is 8.66. The van der Waals surface area contributed by atoms with Crippen LogP contribution in [0, 0.1) is 0 Å². The highest BCUT2D eigenvalue weighted by atomic mass is 32.1. The molecule has 0 aliphatic heterocycles. The normalized spacial score (nSPS) is 11.1. The Morgan fingerprint density at radius 1 is 1.57 bits per heavy atom. The molecule has 0 aliphatic carbocycles. The average Bonchev–Trinajstić information content (AvgIpc) is 2.48. The SMILES string of the molecule is C=Cc1csc(C(=O)OC(C)(C)C)c1. The maximum absolute atomic E-state index is 11.5. The van der Waals surface area contributed by atoms with Gasteiger partial charge in [0.2, 0.25) is 0 Å². The monoisotopic (exact) mass is 210 g/mol. The van der Waals surface area contributed by atoms with Crippen LogP contribution in [0.5, 0.6) is 0 Å². The quantitative estimate of drug-likeness (QED) is 0.700. The van der Waals surface area contributed by atoms with E-state index in [1.807, 2.05) is 26.2 Å². The van der Waals surface area contributed by atoms with Gasteiger partial charge in [0.1, 0.15) is 10.5 Å². The van der Waals surface area contributed by atoms with E-state index < -0.39 is 5.60 Å². The Kier molecular flexibility index (Phi) is 3.11. The molecule has 3 heteroatoms. The Balaban J connectivity index is 2.75. The molecular weight excluding hydrogens is 196 g/mol. The second kappa shape index (κ2) is 3.96. The Morgan fingerprint density at radius 3 is 2.64 bits per heavy atom. The van der Waals surface area contributed by atoms with Crippen LogP contribution >= 0.6 is 11.3 Å². The number of carbonyl (C=O) groups excluding carboxylic acids is 1. The lowest BCUT2D eigenvalue weighted by molar-refractivity contribution is 0.00752. The van der Waals surface area contributed by atoms with Gasteiger partial charge in [-0.15, -0.1) is 11.3 Å². The number of hydrogen-bond acceptors (Lipinski definition) is 3. The highest BCUT2D eigenvalue weighted by Crippen LogP contribution is 2.19. The summed E-state index contributed by atoms with van der Waals surface area (Å²) in [5.74, 6) is -0.268. The third kappa shape index (κ3) is 3.00. The molecule has 0 atom stereocenters. The molecule has 0 aromatic carbocycles. The molecule has 0 saturated heterocycles. The van der Waals surface area contributed by atoms with Crippen molar-refractivity contribution in [1.82, 2.24) is 0 Å². The summed E-state index contributed by atoms with van der Waals surface area (Å²) in [6, 6.07) is 1.78. The third-order valence-electron chi connectivity index (χ3n) is 1.46. The van der Waals surface area contributed by atoms with E-state index >= 15 is 0 Å². The van der Waals surface area contributed by atoms with Gasteiger partial charge in [-0.25, -0.2) is 4.79 Å². The van der Waals surface area contributed by atoms with E-state index in [1.54, 1.807) is 12.1 Å². The van der Waals surface area contributed by atoms with Crippen molar-refractivity contribution in [2.24, 2.45) is 0 Å². The minimum atomic E-state index is -0.435. The van der Waals surface area contributed by atoms with Crippen molar-refractivity contribution in [3.05, 3.63) is 28.5 Å². The maximum Gasteiger partial charge on any atom is 0.348 e. The highest BCUT2D eigenvalue weighted by molar-refractivity contribution is 7.12. The van der Waals surface area contributed by atoms with E-state index in [-0.39, 0.29) is 5.97 Å². The average molecular weight is 210 g/mol. The summed E-state index contributed by atoms with van der Waals surface area (Å²) >= 11 is 1.38. The van der Waals surface area contributed by atoms with Crippen molar-refractivity contribution in [3.8, 4) is 0 Å².